The van der Waals surface area contributed by atoms with Crippen LogP contribution in [0.5, 0.6) is 0 Å². The van der Waals surface area contributed by atoms with E-state index in [0.29, 0.717) is 6.54 Å². The molecule has 0 aliphatic carbocycles. The minimum Gasteiger partial charge on any atom is -0.325 e. The molecule has 4 heteroatoms. The van der Waals surface area contributed by atoms with Gasteiger partial charge in [0, 0.05) is 23.7 Å². The second-order valence-electron chi connectivity index (χ2n) is 4.22. The quantitative estimate of drug-likeness (QED) is 0.783. The van der Waals surface area contributed by atoms with Crippen molar-refractivity contribution in [3.05, 3.63) is 47.1 Å². The van der Waals surface area contributed by atoms with E-state index in [9.17, 15) is 0 Å². The Balaban J connectivity index is 2.14. The number of fused-ring (bicyclic) bond motifs is 1. The molecule has 0 bridgehead atoms. The molecule has 18 heavy (non-hydrogen) atoms. The number of aryl methyl sites for hydroxylation is 1. The summed E-state index contributed by atoms with van der Waals surface area (Å²) in [7, 11) is 0. The maximum Gasteiger partial charge on any atom is 0.194 e. The van der Waals surface area contributed by atoms with E-state index in [4.69, 9.17) is 5.73 Å². The molecule has 3 aromatic rings. The average molecular weight is 257 g/mol. The summed E-state index contributed by atoms with van der Waals surface area (Å²) < 4.78 is 2.08. The van der Waals surface area contributed by atoms with Gasteiger partial charge < -0.3 is 5.73 Å². The fraction of sp³-hybridized carbons (Fsp3) is 0.214. The van der Waals surface area contributed by atoms with Crippen molar-refractivity contribution in [1.82, 2.24) is 9.38 Å². The first-order valence-electron chi connectivity index (χ1n) is 6.07. The van der Waals surface area contributed by atoms with Crippen LogP contribution in [0.15, 0.2) is 35.8 Å². The molecule has 2 aromatic heterocycles. The summed E-state index contributed by atoms with van der Waals surface area (Å²) >= 11 is 1.64. The highest BCUT2D eigenvalue weighted by molar-refractivity contribution is 7.15. The van der Waals surface area contributed by atoms with Crippen LogP contribution in [-0.2, 0) is 13.0 Å². The standard InChI is InChI=1S/C14H15N3S/c1-2-10-3-5-11(6-4-10)13-12(9-15)17-7-8-18-14(17)16-13/h3-8H,2,9,15H2,1H3. The number of nitrogens with zero attached hydrogens (tertiary/aromatic N) is 2. The van der Waals surface area contributed by atoms with Gasteiger partial charge in [-0.3, -0.25) is 4.40 Å². The van der Waals surface area contributed by atoms with Gasteiger partial charge in [-0.1, -0.05) is 31.2 Å². The Morgan fingerprint density at radius 1 is 1.28 bits per heavy atom. The minimum atomic E-state index is 0.503. The first kappa shape index (κ1) is 11.4. The Bertz CT molecular complexity index is 664. The lowest BCUT2D eigenvalue weighted by Gasteiger charge is -2.03. The van der Waals surface area contributed by atoms with Gasteiger partial charge in [-0.25, -0.2) is 4.98 Å². The molecular weight excluding hydrogens is 242 g/mol. The van der Waals surface area contributed by atoms with Gasteiger partial charge in [-0.15, -0.1) is 11.3 Å². The molecule has 2 heterocycles. The second-order valence-corrected chi connectivity index (χ2v) is 5.09. The van der Waals surface area contributed by atoms with Crippen molar-refractivity contribution >= 4 is 16.3 Å². The lowest BCUT2D eigenvalue weighted by molar-refractivity contribution is 0.970. The number of thiazole rings is 1. The predicted molar refractivity (Wildman–Crippen MR) is 75.8 cm³/mol. The van der Waals surface area contributed by atoms with Crippen LogP contribution < -0.4 is 5.73 Å². The summed E-state index contributed by atoms with van der Waals surface area (Å²) in [5.74, 6) is 0. The fourth-order valence-electron chi connectivity index (χ4n) is 2.16. The van der Waals surface area contributed by atoms with Gasteiger partial charge in [0.05, 0.1) is 11.4 Å². The third kappa shape index (κ3) is 1.74. The van der Waals surface area contributed by atoms with Gasteiger partial charge in [-0.2, -0.15) is 0 Å². The molecule has 0 spiro atoms. The first-order valence-corrected chi connectivity index (χ1v) is 6.95. The van der Waals surface area contributed by atoms with Crippen LogP contribution in [0, 0.1) is 0 Å². The van der Waals surface area contributed by atoms with Crippen molar-refractivity contribution in [1.29, 1.82) is 0 Å². The molecule has 0 saturated carbocycles. The van der Waals surface area contributed by atoms with Crippen molar-refractivity contribution in [2.24, 2.45) is 5.73 Å². The second kappa shape index (κ2) is 4.55. The van der Waals surface area contributed by atoms with Crippen molar-refractivity contribution in [2.75, 3.05) is 0 Å². The molecule has 92 valence electrons. The van der Waals surface area contributed by atoms with Gasteiger partial charge >= 0.3 is 0 Å². The number of imidazole rings is 1. The molecular formula is C14H15N3S. The summed E-state index contributed by atoms with van der Waals surface area (Å²) in [6, 6.07) is 8.57. The van der Waals surface area contributed by atoms with E-state index < -0.39 is 0 Å². The highest BCUT2D eigenvalue weighted by atomic mass is 32.1. The largest absolute Gasteiger partial charge is 0.325 e. The number of rotatable bonds is 3. The molecule has 0 aliphatic heterocycles. The van der Waals surface area contributed by atoms with Gasteiger partial charge in [0.1, 0.15) is 0 Å². The Labute approximate surface area is 110 Å². The number of hydrogen-bond acceptors (Lipinski definition) is 3. The molecule has 3 nitrogen and oxygen atoms in total. The number of benzene rings is 1. The highest BCUT2D eigenvalue weighted by Crippen LogP contribution is 2.26. The van der Waals surface area contributed by atoms with Gasteiger partial charge in [0.25, 0.3) is 0 Å². The zero-order valence-electron chi connectivity index (χ0n) is 10.3. The van der Waals surface area contributed by atoms with E-state index in [0.717, 1.165) is 28.3 Å². The van der Waals surface area contributed by atoms with E-state index in [-0.39, 0.29) is 0 Å². The van der Waals surface area contributed by atoms with Gasteiger partial charge in [0.2, 0.25) is 0 Å². The minimum absolute atomic E-state index is 0.503. The maximum absolute atomic E-state index is 5.86. The zero-order chi connectivity index (χ0) is 12.5. The molecule has 2 N–H and O–H groups in total. The van der Waals surface area contributed by atoms with Crippen LogP contribution in [-0.4, -0.2) is 9.38 Å². The van der Waals surface area contributed by atoms with E-state index in [1.54, 1.807) is 11.3 Å². The van der Waals surface area contributed by atoms with E-state index in [1.165, 1.54) is 5.56 Å². The van der Waals surface area contributed by atoms with Crippen LogP contribution in [0.25, 0.3) is 16.2 Å². The summed E-state index contributed by atoms with van der Waals surface area (Å²) in [6.07, 6.45) is 3.08. The molecule has 0 atom stereocenters. The van der Waals surface area contributed by atoms with Crippen molar-refractivity contribution in [3.8, 4) is 11.3 Å². The molecule has 0 amide bonds. The lowest BCUT2D eigenvalue weighted by Crippen LogP contribution is -2.01. The molecule has 0 aliphatic rings. The van der Waals surface area contributed by atoms with Gasteiger partial charge in [-0.05, 0) is 12.0 Å². The maximum atomic E-state index is 5.86. The Kier molecular flexibility index (Phi) is 2.89. The molecule has 0 unspecified atom stereocenters. The Hall–Kier alpha value is -1.65. The van der Waals surface area contributed by atoms with Gasteiger partial charge in [0.15, 0.2) is 4.96 Å². The van der Waals surface area contributed by atoms with Crippen LogP contribution >= 0.6 is 11.3 Å². The molecule has 1 aromatic carbocycles. The predicted octanol–water partition coefficient (Wildman–Crippen LogP) is 3.08. The molecule has 0 saturated heterocycles. The third-order valence-electron chi connectivity index (χ3n) is 3.19. The topological polar surface area (TPSA) is 43.3 Å². The van der Waals surface area contributed by atoms with E-state index in [2.05, 4.69) is 40.6 Å². The molecule has 0 radical (unpaired) electrons. The first-order chi connectivity index (χ1) is 8.83. The summed E-state index contributed by atoms with van der Waals surface area (Å²) in [5, 5.41) is 2.03. The fourth-order valence-corrected chi connectivity index (χ4v) is 2.89. The normalized spacial score (nSPS) is 11.2. The van der Waals surface area contributed by atoms with Crippen LogP contribution in [0.4, 0.5) is 0 Å². The summed E-state index contributed by atoms with van der Waals surface area (Å²) in [5.41, 5.74) is 10.4. The van der Waals surface area contributed by atoms with Crippen molar-refractivity contribution in [3.63, 3.8) is 0 Å². The zero-order valence-corrected chi connectivity index (χ0v) is 11.1. The monoisotopic (exact) mass is 257 g/mol. The SMILES string of the molecule is CCc1ccc(-c2nc3sccn3c2CN)cc1. The lowest BCUT2D eigenvalue weighted by atomic mass is 10.1. The highest BCUT2D eigenvalue weighted by Gasteiger charge is 2.13. The smallest absolute Gasteiger partial charge is 0.194 e. The van der Waals surface area contributed by atoms with Crippen molar-refractivity contribution < 1.29 is 0 Å². The third-order valence-corrected chi connectivity index (χ3v) is 3.95. The summed E-state index contributed by atoms with van der Waals surface area (Å²) in [4.78, 5) is 5.68. The van der Waals surface area contributed by atoms with E-state index >= 15 is 0 Å². The Morgan fingerprint density at radius 3 is 2.72 bits per heavy atom. The number of aromatic nitrogens is 2. The van der Waals surface area contributed by atoms with E-state index in [1.807, 2.05) is 11.6 Å². The van der Waals surface area contributed by atoms with Crippen LogP contribution in [0.1, 0.15) is 18.2 Å². The van der Waals surface area contributed by atoms with Crippen LogP contribution in [0.2, 0.25) is 0 Å². The molecule has 3 rings (SSSR count). The number of nitrogens with two attached hydrogens (primary N) is 1. The Morgan fingerprint density at radius 2 is 2.06 bits per heavy atom. The van der Waals surface area contributed by atoms with Crippen LogP contribution in [0.3, 0.4) is 0 Å². The number of hydrogen-bond donors (Lipinski definition) is 1. The average Bonchev–Trinajstić information content (AvgIpc) is 2.98. The molecule has 0 fully saturated rings. The summed E-state index contributed by atoms with van der Waals surface area (Å²) in [6.45, 7) is 2.66. The van der Waals surface area contributed by atoms with Crippen molar-refractivity contribution in [2.45, 2.75) is 19.9 Å².